The van der Waals surface area contributed by atoms with Crippen LogP contribution >= 0.6 is 11.6 Å². The Hall–Kier alpha value is -1.55. The van der Waals surface area contributed by atoms with Gasteiger partial charge in [0.05, 0.1) is 0 Å². The van der Waals surface area contributed by atoms with Gasteiger partial charge in [0.25, 0.3) is 0 Å². The number of carbonyl (C=O) groups is 2. The zero-order valence-electron chi connectivity index (χ0n) is 8.74. The second kappa shape index (κ2) is 5.51. The van der Waals surface area contributed by atoms with Crippen molar-refractivity contribution in [2.75, 3.05) is 6.54 Å². The van der Waals surface area contributed by atoms with Crippen molar-refractivity contribution in [1.29, 1.82) is 0 Å². The number of hydrogen-bond donors (Lipinski definition) is 2. The summed E-state index contributed by atoms with van der Waals surface area (Å²) in [5.74, 6) is -2.87. The van der Waals surface area contributed by atoms with E-state index in [4.69, 9.17) is 16.7 Å². The van der Waals surface area contributed by atoms with E-state index in [9.17, 15) is 9.59 Å². The number of nitrogens with one attached hydrogen (secondary N) is 1. The lowest BCUT2D eigenvalue weighted by atomic mass is 9.98. The molecule has 2 N–H and O–H groups in total. The molecule has 4 nitrogen and oxygen atoms in total. The number of halogens is 1. The molecule has 0 aliphatic rings. The van der Waals surface area contributed by atoms with E-state index < -0.39 is 17.8 Å². The summed E-state index contributed by atoms with van der Waals surface area (Å²) in [7, 11) is 0. The van der Waals surface area contributed by atoms with Gasteiger partial charge in [-0.25, -0.2) is 0 Å². The summed E-state index contributed by atoms with van der Waals surface area (Å²) in [6.45, 7) is 2.13. The number of carboxylic acid groups (broad SMARTS) is 1. The quantitative estimate of drug-likeness (QED) is 0.788. The highest BCUT2D eigenvalue weighted by Crippen LogP contribution is 2.19. The van der Waals surface area contributed by atoms with Crippen molar-refractivity contribution in [2.24, 2.45) is 0 Å². The molecule has 86 valence electrons. The lowest BCUT2D eigenvalue weighted by Gasteiger charge is -2.12. The molecule has 0 aromatic heterocycles. The van der Waals surface area contributed by atoms with Gasteiger partial charge in [0.2, 0.25) is 5.91 Å². The zero-order chi connectivity index (χ0) is 12.1. The van der Waals surface area contributed by atoms with Crippen LogP contribution in [0.3, 0.4) is 0 Å². The molecule has 1 aromatic carbocycles. The van der Waals surface area contributed by atoms with Crippen LogP contribution in [0.2, 0.25) is 5.02 Å². The van der Waals surface area contributed by atoms with Crippen molar-refractivity contribution in [2.45, 2.75) is 12.8 Å². The molecule has 0 bridgehead atoms. The Morgan fingerprint density at radius 2 is 1.94 bits per heavy atom. The Morgan fingerprint density at radius 1 is 1.38 bits per heavy atom. The molecule has 0 fully saturated rings. The Balaban J connectivity index is 2.98. The van der Waals surface area contributed by atoms with E-state index in [-0.39, 0.29) is 0 Å². The van der Waals surface area contributed by atoms with Crippen LogP contribution in [0.15, 0.2) is 24.3 Å². The van der Waals surface area contributed by atoms with E-state index in [1.165, 1.54) is 12.1 Å². The van der Waals surface area contributed by atoms with Crippen molar-refractivity contribution in [3.8, 4) is 0 Å². The van der Waals surface area contributed by atoms with E-state index >= 15 is 0 Å². The van der Waals surface area contributed by atoms with E-state index in [1.807, 2.05) is 0 Å². The van der Waals surface area contributed by atoms with Crippen LogP contribution in [0, 0.1) is 0 Å². The van der Waals surface area contributed by atoms with Crippen LogP contribution < -0.4 is 5.32 Å². The van der Waals surface area contributed by atoms with Gasteiger partial charge in [-0.3, -0.25) is 9.59 Å². The minimum Gasteiger partial charge on any atom is -0.480 e. The lowest BCUT2D eigenvalue weighted by Crippen LogP contribution is -2.33. The van der Waals surface area contributed by atoms with Crippen LogP contribution in [0.5, 0.6) is 0 Å². The minimum absolute atomic E-state index is 0.399. The van der Waals surface area contributed by atoms with Gasteiger partial charge < -0.3 is 10.4 Å². The Bertz CT molecular complexity index is 389. The van der Waals surface area contributed by atoms with E-state index in [1.54, 1.807) is 19.1 Å². The Kier molecular flexibility index (Phi) is 4.31. The molecule has 5 heteroatoms. The van der Waals surface area contributed by atoms with Crippen LogP contribution in [0.1, 0.15) is 18.4 Å². The number of hydrogen-bond acceptors (Lipinski definition) is 2. The molecule has 1 unspecified atom stereocenters. The molecule has 0 radical (unpaired) electrons. The summed E-state index contributed by atoms with van der Waals surface area (Å²) in [5.41, 5.74) is 0.419. The smallest absolute Gasteiger partial charge is 0.320 e. The molecule has 0 saturated heterocycles. The van der Waals surface area contributed by atoms with Crippen molar-refractivity contribution in [1.82, 2.24) is 5.32 Å². The number of likely N-dealkylation sites (N-methyl/N-ethyl adjacent to an activating group) is 1. The van der Waals surface area contributed by atoms with Crippen molar-refractivity contribution < 1.29 is 14.7 Å². The van der Waals surface area contributed by atoms with E-state index in [0.29, 0.717) is 17.1 Å². The maximum atomic E-state index is 11.5. The third-order valence-corrected chi connectivity index (χ3v) is 2.32. The fraction of sp³-hybridized carbons (Fsp3) is 0.273. The average molecular weight is 242 g/mol. The molecular formula is C11H12ClNO3. The van der Waals surface area contributed by atoms with Gasteiger partial charge in [-0.2, -0.15) is 0 Å². The number of aliphatic carboxylic acids is 1. The van der Waals surface area contributed by atoms with Crippen molar-refractivity contribution in [3.63, 3.8) is 0 Å². The highest BCUT2D eigenvalue weighted by Gasteiger charge is 2.27. The van der Waals surface area contributed by atoms with Crippen molar-refractivity contribution in [3.05, 3.63) is 34.9 Å². The van der Waals surface area contributed by atoms with Gasteiger partial charge >= 0.3 is 5.97 Å². The fourth-order valence-electron chi connectivity index (χ4n) is 1.34. The number of carbonyl (C=O) groups excluding carboxylic acids is 1. The molecule has 1 aromatic rings. The number of carboxylic acids is 1. The number of benzene rings is 1. The lowest BCUT2D eigenvalue weighted by molar-refractivity contribution is -0.143. The predicted octanol–water partition coefficient (Wildman–Crippen LogP) is 1.64. The second-order valence-electron chi connectivity index (χ2n) is 3.22. The SMILES string of the molecule is CCNC(=O)C(C(=O)O)c1ccc(Cl)cc1. The van der Waals surface area contributed by atoms with E-state index in [0.717, 1.165) is 0 Å². The normalized spacial score (nSPS) is 11.9. The summed E-state index contributed by atoms with van der Waals surface area (Å²) in [5, 5.41) is 12.0. The summed E-state index contributed by atoms with van der Waals surface area (Å²) >= 11 is 5.69. The van der Waals surface area contributed by atoms with Crippen LogP contribution in [-0.2, 0) is 9.59 Å². The summed E-state index contributed by atoms with van der Waals surface area (Å²) < 4.78 is 0. The molecular weight excluding hydrogens is 230 g/mol. The molecule has 16 heavy (non-hydrogen) atoms. The molecule has 0 heterocycles. The van der Waals surface area contributed by atoms with Gasteiger partial charge in [0, 0.05) is 11.6 Å². The van der Waals surface area contributed by atoms with Crippen molar-refractivity contribution >= 4 is 23.5 Å². The second-order valence-corrected chi connectivity index (χ2v) is 3.65. The summed E-state index contributed by atoms with van der Waals surface area (Å²) in [6.07, 6.45) is 0. The Morgan fingerprint density at radius 3 is 2.38 bits per heavy atom. The Labute approximate surface area is 98.2 Å². The van der Waals surface area contributed by atoms with E-state index in [2.05, 4.69) is 5.32 Å². The van der Waals surface area contributed by atoms with Crippen LogP contribution in [-0.4, -0.2) is 23.5 Å². The first kappa shape index (κ1) is 12.5. The third kappa shape index (κ3) is 2.97. The highest BCUT2D eigenvalue weighted by atomic mass is 35.5. The monoisotopic (exact) mass is 241 g/mol. The van der Waals surface area contributed by atoms with Gasteiger partial charge in [0.1, 0.15) is 0 Å². The largest absolute Gasteiger partial charge is 0.480 e. The topological polar surface area (TPSA) is 66.4 Å². The molecule has 0 spiro atoms. The first-order valence-electron chi connectivity index (χ1n) is 4.82. The summed E-state index contributed by atoms with van der Waals surface area (Å²) in [4.78, 5) is 22.6. The molecule has 0 aliphatic heterocycles. The first-order valence-corrected chi connectivity index (χ1v) is 5.20. The van der Waals surface area contributed by atoms with Gasteiger partial charge in [-0.05, 0) is 24.6 Å². The zero-order valence-corrected chi connectivity index (χ0v) is 9.49. The molecule has 1 amide bonds. The fourth-order valence-corrected chi connectivity index (χ4v) is 1.46. The predicted molar refractivity (Wildman–Crippen MR) is 60.5 cm³/mol. The number of rotatable bonds is 4. The van der Waals surface area contributed by atoms with Gasteiger partial charge in [-0.1, -0.05) is 23.7 Å². The van der Waals surface area contributed by atoms with Crippen LogP contribution in [0.25, 0.3) is 0 Å². The van der Waals surface area contributed by atoms with Gasteiger partial charge in [0.15, 0.2) is 5.92 Å². The molecule has 1 atom stereocenters. The average Bonchev–Trinajstić information content (AvgIpc) is 2.21. The maximum absolute atomic E-state index is 11.5. The standard InChI is InChI=1S/C11H12ClNO3/c1-2-13-10(14)9(11(15)16)7-3-5-8(12)6-4-7/h3-6,9H,2H2,1H3,(H,13,14)(H,15,16). The van der Waals surface area contributed by atoms with Crippen LogP contribution in [0.4, 0.5) is 0 Å². The molecule has 1 rings (SSSR count). The molecule has 0 aliphatic carbocycles. The number of amides is 1. The maximum Gasteiger partial charge on any atom is 0.320 e. The highest BCUT2D eigenvalue weighted by molar-refractivity contribution is 6.30. The third-order valence-electron chi connectivity index (χ3n) is 2.06. The first-order chi connectivity index (χ1) is 7.56. The molecule has 0 saturated carbocycles. The van der Waals surface area contributed by atoms with Gasteiger partial charge in [-0.15, -0.1) is 0 Å². The minimum atomic E-state index is -1.18. The summed E-state index contributed by atoms with van der Waals surface area (Å²) in [6, 6.07) is 6.20.